The molecule has 2 aromatic rings. The fraction of sp³-hybridized carbons (Fsp3) is 0.400. The van der Waals surface area contributed by atoms with E-state index in [1.165, 1.54) is 24.1 Å². The monoisotopic (exact) mass is 357 g/mol. The highest BCUT2D eigenvalue weighted by Gasteiger charge is 2.35. The molecule has 5 heteroatoms. The Balaban J connectivity index is 1.68. The van der Waals surface area contributed by atoms with Gasteiger partial charge in [-0.2, -0.15) is 0 Å². The first-order valence-electron chi connectivity index (χ1n) is 8.73. The number of carbonyl (C=O) groups excluding carboxylic acids is 1. The van der Waals surface area contributed by atoms with Crippen LogP contribution in [-0.2, 0) is 16.6 Å². The predicted octanol–water partition coefficient (Wildman–Crippen LogP) is 4.01. The van der Waals surface area contributed by atoms with E-state index in [1.807, 2.05) is 0 Å². The number of hydrogen-bond acceptors (Lipinski definition) is 3. The number of carboxylic acid groups (broad SMARTS) is 1. The lowest BCUT2D eigenvalue weighted by atomic mass is 9.73. The zero-order valence-corrected chi connectivity index (χ0v) is 15.0. The van der Waals surface area contributed by atoms with Gasteiger partial charge in [-0.3, -0.25) is 4.79 Å². The van der Waals surface area contributed by atoms with E-state index >= 15 is 0 Å². The fourth-order valence-corrected chi connectivity index (χ4v) is 4.69. The number of nitrogens with one attached hydrogen (secondary N) is 1. The summed E-state index contributed by atoms with van der Waals surface area (Å²) in [7, 11) is 0. The van der Waals surface area contributed by atoms with Crippen LogP contribution < -0.4 is 5.32 Å². The van der Waals surface area contributed by atoms with E-state index in [2.05, 4.69) is 22.8 Å². The third-order valence-electron chi connectivity index (χ3n) is 5.08. The molecule has 0 bridgehead atoms. The molecule has 0 saturated heterocycles. The van der Waals surface area contributed by atoms with Crippen LogP contribution in [0.25, 0.3) is 0 Å². The van der Waals surface area contributed by atoms with Crippen molar-refractivity contribution in [1.82, 2.24) is 5.32 Å². The van der Waals surface area contributed by atoms with Crippen LogP contribution in [0.4, 0.5) is 0 Å². The highest BCUT2D eigenvalue weighted by atomic mass is 32.1. The van der Waals surface area contributed by atoms with Crippen LogP contribution in [0.2, 0.25) is 0 Å². The summed E-state index contributed by atoms with van der Waals surface area (Å²) in [5, 5.41) is 14.4. The highest BCUT2D eigenvalue weighted by molar-refractivity contribution is 7.10. The molecule has 3 rings (SSSR count). The van der Waals surface area contributed by atoms with Crippen molar-refractivity contribution in [3.63, 3.8) is 0 Å². The van der Waals surface area contributed by atoms with Crippen molar-refractivity contribution < 1.29 is 14.7 Å². The third kappa shape index (κ3) is 4.10. The summed E-state index contributed by atoms with van der Waals surface area (Å²) in [5.74, 6) is -1.11. The topological polar surface area (TPSA) is 66.4 Å². The molecule has 0 atom stereocenters. The quantitative estimate of drug-likeness (QED) is 0.821. The molecular formula is C20H23NO3S. The normalized spacial score (nSPS) is 16.3. The summed E-state index contributed by atoms with van der Waals surface area (Å²) >= 11 is 1.76. The summed E-state index contributed by atoms with van der Waals surface area (Å²) in [6.07, 6.45) is 5.93. The zero-order chi connectivity index (χ0) is 17.7. The maximum atomic E-state index is 12.4. The molecule has 0 aliphatic heterocycles. The number of thiophene rings is 1. The Hall–Kier alpha value is -2.14. The molecule has 1 aliphatic carbocycles. The van der Waals surface area contributed by atoms with Crippen LogP contribution in [0, 0.1) is 0 Å². The minimum absolute atomic E-state index is 0.0361. The SMILES string of the molecule is O=C(Cc1ccccc1C(=O)O)NCC1(c2cccs2)CCCCC1. The van der Waals surface area contributed by atoms with Gasteiger partial charge < -0.3 is 10.4 Å². The molecule has 1 fully saturated rings. The summed E-state index contributed by atoms with van der Waals surface area (Å²) in [4.78, 5) is 25.1. The lowest BCUT2D eigenvalue weighted by Crippen LogP contribution is -2.42. The van der Waals surface area contributed by atoms with Crippen molar-refractivity contribution in [3.8, 4) is 0 Å². The summed E-state index contributed by atoms with van der Waals surface area (Å²) in [6.45, 7) is 0.627. The second-order valence-electron chi connectivity index (χ2n) is 6.73. The molecule has 2 N–H and O–H groups in total. The maximum Gasteiger partial charge on any atom is 0.335 e. The molecule has 0 unspecified atom stereocenters. The smallest absolute Gasteiger partial charge is 0.335 e. The van der Waals surface area contributed by atoms with Crippen LogP contribution in [-0.4, -0.2) is 23.5 Å². The summed E-state index contributed by atoms with van der Waals surface area (Å²) in [6, 6.07) is 10.9. The second-order valence-corrected chi connectivity index (χ2v) is 7.68. The minimum atomic E-state index is -0.995. The average Bonchev–Trinajstić information content (AvgIpc) is 3.16. The van der Waals surface area contributed by atoms with Crippen molar-refractivity contribution in [1.29, 1.82) is 0 Å². The molecule has 25 heavy (non-hydrogen) atoms. The Kier molecular flexibility index (Phi) is 5.53. The average molecular weight is 357 g/mol. The molecule has 1 aromatic carbocycles. The molecule has 0 spiro atoms. The molecule has 0 radical (unpaired) electrons. The van der Waals surface area contributed by atoms with Gasteiger partial charge in [-0.05, 0) is 35.9 Å². The fourth-order valence-electron chi connectivity index (χ4n) is 3.71. The Bertz CT molecular complexity index is 733. The lowest BCUT2D eigenvalue weighted by Gasteiger charge is -2.36. The Morgan fingerprint density at radius 1 is 1.08 bits per heavy atom. The number of amides is 1. The molecule has 1 heterocycles. The van der Waals surface area contributed by atoms with Crippen LogP contribution in [0.1, 0.15) is 52.9 Å². The van der Waals surface area contributed by atoms with Crippen molar-refractivity contribution >= 4 is 23.2 Å². The van der Waals surface area contributed by atoms with Crippen molar-refractivity contribution in [2.75, 3.05) is 6.54 Å². The first-order chi connectivity index (χ1) is 12.1. The zero-order valence-electron chi connectivity index (χ0n) is 14.2. The van der Waals surface area contributed by atoms with E-state index in [9.17, 15) is 14.7 Å². The van der Waals surface area contributed by atoms with Gasteiger partial charge in [0.15, 0.2) is 0 Å². The van der Waals surface area contributed by atoms with E-state index in [4.69, 9.17) is 0 Å². The van der Waals surface area contributed by atoms with Gasteiger partial charge in [0, 0.05) is 16.8 Å². The van der Waals surface area contributed by atoms with Crippen LogP contribution >= 0.6 is 11.3 Å². The van der Waals surface area contributed by atoms with Crippen molar-refractivity contribution in [2.45, 2.75) is 43.9 Å². The predicted molar refractivity (Wildman–Crippen MR) is 99.2 cm³/mol. The van der Waals surface area contributed by atoms with Crippen LogP contribution in [0.15, 0.2) is 41.8 Å². The lowest BCUT2D eigenvalue weighted by molar-refractivity contribution is -0.120. The van der Waals surface area contributed by atoms with E-state index in [0.29, 0.717) is 12.1 Å². The first-order valence-corrected chi connectivity index (χ1v) is 9.61. The summed E-state index contributed by atoms with van der Waals surface area (Å²) < 4.78 is 0. The Morgan fingerprint density at radius 3 is 2.52 bits per heavy atom. The van der Waals surface area contributed by atoms with Crippen LogP contribution in [0.3, 0.4) is 0 Å². The van der Waals surface area contributed by atoms with Gasteiger partial charge in [0.25, 0.3) is 0 Å². The van der Waals surface area contributed by atoms with Gasteiger partial charge >= 0.3 is 5.97 Å². The largest absolute Gasteiger partial charge is 0.478 e. The van der Waals surface area contributed by atoms with Gasteiger partial charge in [0.2, 0.25) is 5.91 Å². The van der Waals surface area contributed by atoms with Crippen molar-refractivity contribution in [3.05, 3.63) is 57.8 Å². The van der Waals surface area contributed by atoms with Gasteiger partial charge in [0.1, 0.15) is 0 Å². The number of carboxylic acids is 1. The Labute approximate surface area is 151 Å². The Morgan fingerprint density at radius 2 is 1.84 bits per heavy atom. The van der Waals surface area contributed by atoms with E-state index < -0.39 is 5.97 Å². The number of hydrogen-bond donors (Lipinski definition) is 2. The standard InChI is InChI=1S/C20H23NO3S/c22-18(13-15-7-2-3-8-16(15)19(23)24)21-14-20(10-4-1-5-11-20)17-9-6-12-25-17/h2-3,6-9,12H,1,4-5,10-11,13-14H2,(H,21,22)(H,23,24). The molecule has 1 aliphatic rings. The highest BCUT2D eigenvalue weighted by Crippen LogP contribution is 2.41. The molecule has 1 saturated carbocycles. The molecular weight excluding hydrogens is 334 g/mol. The molecule has 1 amide bonds. The second kappa shape index (κ2) is 7.83. The van der Waals surface area contributed by atoms with Gasteiger partial charge in [-0.15, -0.1) is 11.3 Å². The number of aromatic carboxylic acids is 1. The van der Waals surface area contributed by atoms with Crippen LogP contribution in [0.5, 0.6) is 0 Å². The van der Waals surface area contributed by atoms with E-state index in [-0.39, 0.29) is 23.3 Å². The maximum absolute atomic E-state index is 12.4. The minimum Gasteiger partial charge on any atom is -0.478 e. The van der Waals surface area contributed by atoms with Gasteiger partial charge in [0.05, 0.1) is 12.0 Å². The third-order valence-corrected chi connectivity index (χ3v) is 6.19. The molecule has 1 aromatic heterocycles. The first kappa shape index (κ1) is 17.7. The van der Waals surface area contributed by atoms with E-state index in [0.717, 1.165) is 12.8 Å². The molecule has 4 nitrogen and oxygen atoms in total. The number of carbonyl (C=O) groups is 2. The van der Waals surface area contributed by atoms with Gasteiger partial charge in [-0.25, -0.2) is 4.79 Å². The summed E-state index contributed by atoms with van der Waals surface area (Å²) in [5.41, 5.74) is 0.790. The number of rotatable bonds is 6. The van der Waals surface area contributed by atoms with Gasteiger partial charge in [-0.1, -0.05) is 43.5 Å². The number of benzene rings is 1. The van der Waals surface area contributed by atoms with E-state index in [1.54, 1.807) is 35.6 Å². The molecule has 132 valence electrons. The van der Waals surface area contributed by atoms with Crippen molar-refractivity contribution in [2.24, 2.45) is 0 Å².